The molecule has 136 valence electrons. The third-order valence-corrected chi connectivity index (χ3v) is 3.33. The minimum atomic E-state index is -0.714. The van der Waals surface area contributed by atoms with Crippen molar-refractivity contribution in [2.75, 3.05) is 6.61 Å². The van der Waals surface area contributed by atoms with Crippen LogP contribution in [-0.4, -0.2) is 23.5 Å². The molecule has 0 aliphatic carbocycles. The van der Waals surface area contributed by atoms with E-state index in [0.29, 0.717) is 5.56 Å². The van der Waals surface area contributed by atoms with Gasteiger partial charge >= 0.3 is 11.9 Å². The number of nitriles is 1. The van der Waals surface area contributed by atoms with Crippen LogP contribution in [0, 0.1) is 21.4 Å². The molecule has 0 saturated carbocycles. The molecule has 0 aromatic heterocycles. The van der Waals surface area contributed by atoms with Crippen LogP contribution in [0.5, 0.6) is 5.75 Å². The number of hydrogen-bond donors (Lipinski definition) is 0. The Kier molecular flexibility index (Phi) is 6.39. The molecule has 0 amide bonds. The minimum absolute atomic E-state index is 0.127. The molecule has 8 nitrogen and oxygen atoms in total. The van der Waals surface area contributed by atoms with Gasteiger partial charge in [-0.05, 0) is 42.8 Å². The fourth-order valence-corrected chi connectivity index (χ4v) is 2.03. The molecule has 8 heteroatoms. The summed E-state index contributed by atoms with van der Waals surface area (Å²) < 4.78 is 9.96. The number of ether oxygens (including phenoxy) is 2. The van der Waals surface area contributed by atoms with Gasteiger partial charge in [-0.15, -0.1) is 0 Å². The van der Waals surface area contributed by atoms with Gasteiger partial charge in [0.05, 0.1) is 17.1 Å². The molecule has 2 rings (SSSR count). The van der Waals surface area contributed by atoms with E-state index in [1.807, 2.05) is 0 Å². The average Bonchev–Trinajstić information content (AvgIpc) is 2.67. The van der Waals surface area contributed by atoms with Crippen LogP contribution >= 0.6 is 0 Å². The third-order valence-electron chi connectivity index (χ3n) is 3.33. The summed E-state index contributed by atoms with van der Waals surface area (Å²) in [6.07, 6.45) is 1.36. The van der Waals surface area contributed by atoms with Gasteiger partial charge in [0.15, 0.2) is 0 Å². The van der Waals surface area contributed by atoms with E-state index in [9.17, 15) is 19.7 Å². The second-order valence-corrected chi connectivity index (χ2v) is 5.15. The molecule has 0 aliphatic heterocycles. The maximum atomic E-state index is 12.1. The molecular weight excluding hydrogens is 352 g/mol. The lowest BCUT2D eigenvalue weighted by Gasteiger charge is -2.05. The van der Waals surface area contributed by atoms with E-state index in [2.05, 4.69) is 0 Å². The average molecular weight is 366 g/mol. The first-order valence-corrected chi connectivity index (χ1v) is 7.80. The van der Waals surface area contributed by atoms with E-state index < -0.39 is 16.9 Å². The zero-order chi connectivity index (χ0) is 19.8. The number of benzene rings is 2. The summed E-state index contributed by atoms with van der Waals surface area (Å²) in [6, 6.07) is 12.9. The van der Waals surface area contributed by atoms with E-state index in [4.69, 9.17) is 14.7 Å². The summed E-state index contributed by atoms with van der Waals surface area (Å²) >= 11 is 0. The molecule has 0 N–H and O–H groups in total. The van der Waals surface area contributed by atoms with Crippen LogP contribution in [-0.2, 0) is 9.53 Å². The second-order valence-electron chi connectivity index (χ2n) is 5.15. The Hall–Kier alpha value is -3.99. The first-order chi connectivity index (χ1) is 12.9. The Morgan fingerprint density at radius 1 is 1.15 bits per heavy atom. The molecule has 0 bridgehead atoms. The van der Waals surface area contributed by atoms with Crippen molar-refractivity contribution in [1.29, 1.82) is 5.26 Å². The van der Waals surface area contributed by atoms with Gasteiger partial charge in [-0.25, -0.2) is 9.59 Å². The molecule has 27 heavy (non-hydrogen) atoms. The SMILES string of the molecule is CCOC(=O)/C(C#N)=C/c1ccc(OC(=O)c2ccc([N+](=O)[O-])cc2)cc1. The molecule has 0 heterocycles. The number of carbonyl (C=O) groups is 2. The van der Waals surface area contributed by atoms with Crippen LogP contribution in [0.15, 0.2) is 54.1 Å². The number of carbonyl (C=O) groups excluding carboxylic acids is 2. The summed E-state index contributed by atoms with van der Waals surface area (Å²) in [7, 11) is 0. The Labute approximate surface area is 154 Å². The molecule has 2 aromatic rings. The number of nitro groups is 1. The van der Waals surface area contributed by atoms with Crippen molar-refractivity contribution in [2.45, 2.75) is 6.92 Å². The summed E-state index contributed by atoms with van der Waals surface area (Å²) in [5.41, 5.74) is 0.443. The highest BCUT2D eigenvalue weighted by Crippen LogP contribution is 2.18. The van der Waals surface area contributed by atoms with Gasteiger partial charge in [-0.1, -0.05) is 12.1 Å². The maximum absolute atomic E-state index is 12.1. The smallest absolute Gasteiger partial charge is 0.348 e. The summed E-state index contributed by atoms with van der Waals surface area (Å²) in [4.78, 5) is 33.7. The fourth-order valence-electron chi connectivity index (χ4n) is 2.03. The van der Waals surface area contributed by atoms with Crippen molar-refractivity contribution in [3.05, 3.63) is 75.3 Å². The van der Waals surface area contributed by atoms with E-state index in [1.165, 1.54) is 42.5 Å². The highest BCUT2D eigenvalue weighted by Gasteiger charge is 2.12. The van der Waals surface area contributed by atoms with Crippen LogP contribution in [0.3, 0.4) is 0 Å². The molecule has 0 saturated heterocycles. The van der Waals surface area contributed by atoms with Gasteiger partial charge in [0, 0.05) is 12.1 Å². The summed E-state index contributed by atoms with van der Waals surface area (Å²) in [5.74, 6) is -1.14. The lowest BCUT2D eigenvalue weighted by atomic mass is 10.1. The molecule has 0 spiro atoms. The standard InChI is InChI=1S/C19H14N2O6/c1-2-26-18(22)15(12-20)11-13-3-9-17(10-4-13)27-19(23)14-5-7-16(8-6-14)21(24)25/h3-11H,2H2,1H3/b15-11+. The minimum Gasteiger partial charge on any atom is -0.462 e. The Bertz CT molecular complexity index is 924. The third kappa shape index (κ3) is 5.24. The normalized spacial score (nSPS) is 10.6. The number of rotatable bonds is 6. The number of hydrogen-bond acceptors (Lipinski definition) is 7. The number of non-ortho nitro benzene ring substituents is 1. The number of esters is 2. The van der Waals surface area contributed by atoms with Crippen LogP contribution in [0.2, 0.25) is 0 Å². The second kappa shape index (κ2) is 8.92. The van der Waals surface area contributed by atoms with E-state index in [1.54, 1.807) is 25.1 Å². The Morgan fingerprint density at radius 2 is 1.78 bits per heavy atom. The van der Waals surface area contributed by atoms with Crippen molar-refractivity contribution in [3.63, 3.8) is 0 Å². The van der Waals surface area contributed by atoms with Crippen LogP contribution in [0.25, 0.3) is 6.08 Å². The van der Waals surface area contributed by atoms with E-state index in [0.717, 1.165) is 0 Å². The van der Waals surface area contributed by atoms with Gasteiger partial charge < -0.3 is 9.47 Å². The van der Waals surface area contributed by atoms with E-state index >= 15 is 0 Å². The Balaban J connectivity index is 2.09. The van der Waals surface area contributed by atoms with Crippen LogP contribution in [0.1, 0.15) is 22.8 Å². The highest BCUT2D eigenvalue weighted by atomic mass is 16.6. The summed E-state index contributed by atoms with van der Waals surface area (Å²) in [6.45, 7) is 1.80. The zero-order valence-electron chi connectivity index (χ0n) is 14.2. The molecule has 0 atom stereocenters. The molecule has 0 aliphatic rings. The van der Waals surface area contributed by atoms with Crippen molar-refractivity contribution >= 4 is 23.7 Å². The summed E-state index contributed by atoms with van der Waals surface area (Å²) in [5, 5.41) is 19.6. The van der Waals surface area contributed by atoms with Crippen molar-refractivity contribution in [2.24, 2.45) is 0 Å². The van der Waals surface area contributed by atoms with Crippen molar-refractivity contribution in [3.8, 4) is 11.8 Å². The molecule has 0 unspecified atom stereocenters. The highest BCUT2D eigenvalue weighted by molar-refractivity contribution is 5.98. The maximum Gasteiger partial charge on any atom is 0.348 e. The number of nitro benzene ring substituents is 1. The predicted octanol–water partition coefficient (Wildman–Crippen LogP) is 3.28. The molecular formula is C19H14N2O6. The van der Waals surface area contributed by atoms with Gasteiger partial charge in [0.25, 0.3) is 5.69 Å². The largest absolute Gasteiger partial charge is 0.462 e. The molecule has 0 radical (unpaired) electrons. The van der Waals surface area contributed by atoms with Crippen LogP contribution < -0.4 is 4.74 Å². The molecule has 0 fully saturated rings. The van der Waals surface area contributed by atoms with Gasteiger partial charge in [0.1, 0.15) is 17.4 Å². The van der Waals surface area contributed by atoms with E-state index in [-0.39, 0.29) is 29.2 Å². The van der Waals surface area contributed by atoms with Crippen molar-refractivity contribution in [1.82, 2.24) is 0 Å². The van der Waals surface area contributed by atoms with Gasteiger partial charge in [-0.3, -0.25) is 10.1 Å². The topological polar surface area (TPSA) is 120 Å². The molecule has 2 aromatic carbocycles. The first-order valence-electron chi connectivity index (χ1n) is 7.80. The first kappa shape index (κ1) is 19.3. The zero-order valence-corrected chi connectivity index (χ0v) is 14.2. The lowest BCUT2D eigenvalue weighted by molar-refractivity contribution is -0.384. The van der Waals surface area contributed by atoms with Gasteiger partial charge in [0.2, 0.25) is 0 Å². The monoisotopic (exact) mass is 366 g/mol. The predicted molar refractivity (Wildman–Crippen MR) is 94.7 cm³/mol. The fraction of sp³-hybridized carbons (Fsp3) is 0.105. The lowest BCUT2D eigenvalue weighted by Crippen LogP contribution is -2.08. The Morgan fingerprint density at radius 3 is 2.30 bits per heavy atom. The number of nitrogens with zero attached hydrogens (tertiary/aromatic N) is 2. The van der Waals surface area contributed by atoms with Crippen LogP contribution in [0.4, 0.5) is 5.69 Å². The van der Waals surface area contributed by atoms with Gasteiger partial charge in [-0.2, -0.15) is 5.26 Å². The quantitative estimate of drug-likeness (QED) is 0.192. The van der Waals surface area contributed by atoms with Crippen molar-refractivity contribution < 1.29 is 24.0 Å².